The predicted octanol–water partition coefficient (Wildman–Crippen LogP) is 3.32. The summed E-state index contributed by atoms with van der Waals surface area (Å²) in [7, 11) is 0. The fourth-order valence-electron chi connectivity index (χ4n) is 1.51. The van der Waals surface area contributed by atoms with Gasteiger partial charge < -0.3 is 9.52 Å². The number of furan rings is 1. The third kappa shape index (κ3) is 2.97. The predicted molar refractivity (Wildman–Crippen MR) is 68.3 cm³/mol. The van der Waals surface area contributed by atoms with Gasteiger partial charge in [-0.2, -0.15) is 0 Å². The maximum Gasteiger partial charge on any atom is 0.338 e. The molecule has 1 aromatic carbocycles. The van der Waals surface area contributed by atoms with Gasteiger partial charge in [-0.3, -0.25) is 10.1 Å². The van der Waals surface area contributed by atoms with E-state index in [1.54, 1.807) is 12.1 Å². The molecule has 1 heterocycles. The molecule has 8 heteroatoms. The summed E-state index contributed by atoms with van der Waals surface area (Å²) in [6.07, 6.45) is 1.46. The Hall–Kier alpha value is -2.35. The Morgan fingerprint density at radius 1 is 1.50 bits per heavy atom. The second kappa shape index (κ2) is 5.74. The van der Waals surface area contributed by atoms with E-state index in [0.717, 1.165) is 17.8 Å². The molecular weight excluding hydrogens is 289 g/mol. The summed E-state index contributed by atoms with van der Waals surface area (Å²) in [5.74, 6) is -1.76. The molecule has 0 aliphatic rings. The lowest BCUT2D eigenvalue weighted by Gasteiger charge is -2.04. The van der Waals surface area contributed by atoms with E-state index in [0.29, 0.717) is 11.8 Å². The summed E-state index contributed by atoms with van der Waals surface area (Å²) >= 11 is 1.01. The summed E-state index contributed by atoms with van der Waals surface area (Å²) in [5.41, 5.74) is -1.07. The fraction of sp³-hybridized carbons (Fsp3) is 0.0833. The van der Waals surface area contributed by atoms with Crippen LogP contribution in [0.4, 0.5) is 10.1 Å². The quantitative estimate of drug-likeness (QED) is 0.517. The van der Waals surface area contributed by atoms with Crippen LogP contribution in [0.1, 0.15) is 16.1 Å². The standard InChI is InChI=1S/C12H8FNO5S/c13-9-5-10(14(17)18)11(4-8(9)12(15)16)20-6-7-2-1-3-19-7/h1-5H,6H2,(H,15,16). The van der Waals surface area contributed by atoms with Crippen LogP contribution in [0.5, 0.6) is 0 Å². The lowest BCUT2D eigenvalue weighted by Crippen LogP contribution is -2.03. The maximum atomic E-state index is 13.4. The Bertz CT molecular complexity index is 656. The van der Waals surface area contributed by atoms with E-state index < -0.39 is 28.0 Å². The molecule has 0 saturated heterocycles. The Kier molecular flexibility index (Phi) is 4.04. The van der Waals surface area contributed by atoms with E-state index >= 15 is 0 Å². The average molecular weight is 297 g/mol. The highest BCUT2D eigenvalue weighted by atomic mass is 32.2. The third-order valence-electron chi connectivity index (χ3n) is 2.43. The molecule has 0 aliphatic heterocycles. The van der Waals surface area contributed by atoms with Crippen LogP contribution in [-0.2, 0) is 5.75 Å². The van der Waals surface area contributed by atoms with E-state index in [1.807, 2.05) is 0 Å². The molecule has 0 saturated carbocycles. The molecular formula is C12H8FNO5S. The van der Waals surface area contributed by atoms with Gasteiger partial charge in [-0.05, 0) is 18.2 Å². The summed E-state index contributed by atoms with van der Waals surface area (Å²) in [6, 6.07) is 4.93. The summed E-state index contributed by atoms with van der Waals surface area (Å²) in [6.45, 7) is 0. The number of halogens is 1. The van der Waals surface area contributed by atoms with Gasteiger partial charge in [0.1, 0.15) is 11.6 Å². The summed E-state index contributed by atoms with van der Waals surface area (Å²) in [5, 5.41) is 19.7. The first-order valence-electron chi connectivity index (χ1n) is 5.35. The number of nitro groups is 1. The zero-order chi connectivity index (χ0) is 14.7. The minimum atomic E-state index is -1.47. The van der Waals surface area contributed by atoms with E-state index in [9.17, 15) is 19.3 Å². The number of benzene rings is 1. The highest BCUT2D eigenvalue weighted by Gasteiger charge is 2.22. The van der Waals surface area contributed by atoms with Crippen molar-refractivity contribution in [2.75, 3.05) is 0 Å². The first-order valence-corrected chi connectivity index (χ1v) is 6.34. The maximum absolute atomic E-state index is 13.4. The molecule has 6 nitrogen and oxygen atoms in total. The van der Waals surface area contributed by atoms with E-state index in [-0.39, 0.29) is 10.6 Å². The minimum absolute atomic E-state index is 0.0743. The van der Waals surface area contributed by atoms with Crippen molar-refractivity contribution in [3.8, 4) is 0 Å². The van der Waals surface area contributed by atoms with E-state index in [1.165, 1.54) is 6.26 Å². The van der Waals surface area contributed by atoms with E-state index in [2.05, 4.69) is 0 Å². The molecule has 2 rings (SSSR count). The molecule has 0 unspecified atom stereocenters. The third-order valence-corrected chi connectivity index (χ3v) is 3.49. The van der Waals surface area contributed by atoms with Gasteiger partial charge in [0.25, 0.3) is 5.69 Å². The number of carboxylic acid groups (broad SMARTS) is 1. The van der Waals surface area contributed by atoms with E-state index in [4.69, 9.17) is 9.52 Å². The Morgan fingerprint density at radius 3 is 2.80 bits per heavy atom. The van der Waals surface area contributed by atoms with Gasteiger partial charge in [0.2, 0.25) is 0 Å². The zero-order valence-electron chi connectivity index (χ0n) is 9.91. The van der Waals surface area contributed by atoms with Crippen molar-refractivity contribution in [3.63, 3.8) is 0 Å². The van der Waals surface area contributed by atoms with Gasteiger partial charge in [0.15, 0.2) is 0 Å². The van der Waals surface area contributed by atoms with Crippen LogP contribution in [0.3, 0.4) is 0 Å². The lowest BCUT2D eigenvalue weighted by atomic mass is 10.2. The number of rotatable bonds is 5. The van der Waals surface area contributed by atoms with Gasteiger partial charge >= 0.3 is 5.97 Å². The normalized spacial score (nSPS) is 10.4. The van der Waals surface area contributed by atoms with Crippen LogP contribution in [-0.4, -0.2) is 16.0 Å². The van der Waals surface area contributed by atoms with Gasteiger partial charge in [-0.25, -0.2) is 9.18 Å². The molecule has 0 radical (unpaired) electrons. The van der Waals surface area contributed by atoms with Crippen LogP contribution >= 0.6 is 11.8 Å². The topological polar surface area (TPSA) is 93.6 Å². The van der Waals surface area contributed by atoms with Crippen molar-refractivity contribution >= 4 is 23.4 Å². The minimum Gasteiger partial charge on any atom is -0.478 e. The number of nitro benzene ring substituents is 1. The van der Waals surface area contributed by atoms with Crippen LogP contribution < -0.4 is 0 Å². The summed E-state index contributed by atoms with van der Waals surface area (Å²) < 4.78 is 18.5. The fourth-order valence-corrected chi connectivity index (χ4v) is 2.45. The van der Waals surface area contributed by atoms with Crippen LogP contribution in [0.25, 0.3) is 0 Å². The molecule has 1 N–H and O–H groups in total. The number of carbonyl (C=O) groups is 1. The molecule has 0 atom stereocenters. The van der Waals surface area contributed by atoms with Crippen molar-refractivity contribution in [1.82, 2.24) is 0 Å². The van der Waals surface area contributed by atoms with Crippen molar-refractivity contribution in [1.29, 1.82) is 0 Å². The number of hydrogen-bond acceptors (Lipinski definition) is 5. The Labute approximate surface area is 116 Å². The van der Waals surface area contributed by atoms with Crippen molar-refractivity contribution in [2.45, 2.75) is 10.6 Å². The highest BCUT2D eigenvalue weighted by molar-refractivity contribution is 7.98. The second-order valence-electron chi connectivity index (χ2n) is 3.73. The lowest BCUT2D eigenvalue weighted by molar-refractivity contribution is -0.387. The van der Waals surface area contributed by atoms with Crippen LogP contribution in [0.15, 0.2) is 39.8 Å². The second-order valence-corrected chi connectivity index (χ2v) is 4.75. The summed E-state index contributed by atoms with van der Waals surface area (Å²) in [4.78, 5) is 21.0. The number of hydrogen-bond donors (Lipinski definition) is 1. The van der Waals surface area contributed by atoms with Gasteiger partial charge in [0, 0.05) is 0 Å². The molecule has 0 spiro atoms. The first kappa shape index (κ1) is 14.1. The van der Waals surface area contributed by atoms with Crippen molar-refractivity contribution in [2.24, 2.45) is 0 Å². The van der Waals surface area contributed by atoms with Gasteiger partial charge in [0.05, 0.1) is 33.5 Å². The van der Waals surface area contributed by atoms with Crippen LogP contribution in [0, 0.1) is 15.9 Å². The zero-order valence-corrected chi connectivity index (χ0v) is 10.7. The SMILES string of the molecule is O=C(O)c1cc(SCc2ccco2)c([N+](=O)[O-])cc1F. The smallest absolute Gasteiger partial charge is 0.338 e. The number of carboxylic acids is 1. The molecule has 0 aliphatic carbocycles. The number of thioether (sulfide) groups is 1. The van der Waals surface area contributed by atoms with Gasteiger partial charge in [-0.15, -0.1) is 11.8 Å². The highest BCUT2D eigenvalue weighted by Crippen LogP contribution is 2.33. The molecule has 104 valence electrons. The van der Waals surface area contributed by atoms with Gasteiger partial charge in [-0.1, -0.05) is 0 Å². The van der Waals surface area contributed by atoms with Crippen molar-refractivity contribution in [3.05, 3.63) is 57.8 Å². The van der Waals surface area contributed by atoms with Crippen LogP contribution in [0.2, 0.25) is 0 Å². The Balaban J connectivity index is 2.35. The molecule has 0 amide bonds. The van der Waals surface area contributed by atoms with Crippen molar-refractivity contribution < 1.29 is 23.6 Å². The molecule has 0 fully saturated rings. The number of nitrogens with zero attached hydrogens (tertiary/aromatic N) is 1. The molecule has 0 bridgehead atoms. The largest absolute Gasteiger partial charge is 0.478 e. The number of aromatic carboxylic acids is 1. The average Bonchev–Trinajstić information content (AvgIpc) is 2.89. The monoisotopic (exact) mass is 297 g/mol. The molecule has 2 aromatic rings. The first-order chi connectivity index (χ1) is 9.49. The molecule has 1 aromatic heterocycles. The molecule has 20 heavy (non-hydrogen) atoms. The Morgan fingerprint density at radius 2 is 2.25 bits per heavy atom.